The number of nitrogens with one attached hydrogen (secondary N) is 2. The molecule has 186 valence electrons. The van der Waals surface area contributed by atoms with Crippen LogP contribution in [0.25, 0.3) is 22.2 Å². The first-order chi connectivity index (χ1) is 17.5. The van der Waals surface area contributed by atoms with Gasteiger partial charge < -0.3 is 20.5 Å². The molecule has 0 bridgehead atoms. The van der Waals surface area contributed by atoms with Gasteiger partial charge >= 0.3 is 0 Å². The third kappa shape index (κ3) is 4.94. The number of aliphatic hydroxyl groups is 1. The molecule has 1 atom stereocenters. The minimum Gasteiger partial charge on any atom is -0.481 e. The van der Waals surface area contributed by atoms with Crippen LogP contribution in [0.3, 0.4) is 0 Å². The van der Waals surface area contributed by atoms with Crippen LogP contribution < -0.4 is 15.4 Å². The van der Waals surface area contributed by atoms with E-state index in [1.54, 1.807) is 24.4 Å². The highest BCUT2D eigenvalue weighted by Crippen LogP contribution is 2.30. The summed E-state index contributed by atoms with van der Waals surface area (Å²) in [6, 6.07) is 9.04. The fourth-order valence-electron chi connectivity index (χ4n) is 4.16. The highest BCUT2D eigenvalue weighted by atomic mass is 19.1. The van der Waals surface area contributed by atoms with Gasteiger partial charge in [0.05, 0.1) is 36.7 Å². The monoisotopic (exact) mass is 490 g/mol. The standard InChI is InChI=1S/C26H27FN6O3/c1-4-15(18-6-5-7-19-23(25(35)28-2)20(27)12-30-24(18)19)10-29-22-9-21(32-14-33-22)16-8-17(13-34)26(36-3)31-11-16/h5-9,11-12,14-15,34H,4,10,13H2,1-3H3,(H,28,35)(H,29,32,33)/t15-/m1/s1. The van der Waals surface area contributed by atoms with Gasteiger partial charge in [-0.25, -0.2) is 19.3 Å². The van der Waals surface area contributed by atoms with Crippen molar-refractivity contribution in [1.82, 2.24) is 25.3 Å². The number of hydrogen-bond donors (Lipinski definition) is 3. The third-order valence-electron chi connectivity index (χ3n) is 6.05. The van der Waals surface area contributed by atoms with Crippen LogP contribution in [0.5, 0.6) is 5.88 Å². The molecule has 0 saturated heterocycles. The molecule has 3 heterocycles. The predicted octanol–water partition coefficient (Wildman–Crippen LogP) is 3.69. The topological polar surface area (TPSA) is 122 Å². The van der Waals surface area contributed by atoms with Crippen LogP contribution >= 0.6 is 0 Å². The van der Waals surface area contributed by atoms with Crippen molar-refractivity contribution in [3.8, 4) is 17.1 Å². The van der Waals surface area contributed by atoms with E-state index in [1.165, 1.54) is 20.5 Å². The number of aliphatic hydroxyl groups excluding tert-OH is 1. The first-order valence-electron chi connectivity index (χ1n) is 11.5. The largest absolute Gasteiger partial charge is 0.481 e. The van der Waals surface area contributed by atoms with Gasteiger partial charge in [0.15, 0.2) is 5.82 Å². The maximum absolute atomic E-state index is 14.4. The van der Waals surface area contributed by atoms with Crippen LogP contribution in [0.1, 0.15) is 40.7 Å². The minimum absolute atomic E-state index is 0.0112. The lowest BCUT2D eigenvalue weighted by molar-refractivity contribution is 0.0960. The lowest BCUT2D eigenvalue weighted by Gasteiger charge is -2.19. The number of amides is 1. The van der Waals surface area contributed by atoms with Crippen molar-refractivity contribution in [1.29, 1.82) is 0 Å². The molecule has 4 rings (SSSR count). The summed E-state index contributed by atoms with van der Waals surface area (Å²) in [6.07, 6.45) is 4.96. The Labute approximate surface area is 207 Å². The molecular formula is C26H27FN6O3. The molecule has 10 heteroatoms. The Balaban J connectivity index is 1.60. The Bertz CT molecular complexity index is 1400. The number of halogens is 1. The molecule has 1 aromatic carbocycles. The van der Waals surface area contributed by atoms with Gasteiger partial charge in [0, 0.05) is 48.3 Å². The summed E-state index contributed by atoms with van der Waals surface area (Å²) in [4.78, 5) is 29.5. The van der Waals surface area contributed by atoms with Gasteiger partial charge in [-0.05, 0) is 18.1 Å². The first kappa shape index (κ1) is 24.9. The van der Waals surface area contributed by atoms with E-state index in [0.29, 0.717) is 40.4 Å². The zero-order chi connectivity index (χ0) is 25.7. The Kier molecular flexibility index (Phi) is 7.65. The molecule has 1 amide bonds. The molecule has 0 aliphatic heterocycles. The summed E-state index contributed by atoms with van der Waals surface area (Å²) in [5.41, 5.74) is 3.42. The van der Waals surface area contributed by atoms with Gasteiger partial charge in [-0.1, -0.05) is 25.1 Å². The fourth-order valence-corrected chi connectivity index (χ4v) is 4.16. The van der Waals surface area contributed by atoms with Gasteiger partial charge in [0.2, 0.25) is 5.88 Å². The molecular weight excluding hydrogens is 463 g/mol. The second kappa shape index (κ2) is 11.0. The van der Waals surface area contributed by atoms with E-state index in [-0.39, 0.29) is 18.1 Å². The number of nitrogens with zero attached hydrogens (tertiary/aromatic N) is 4. The molecule has 3 N–H and O–H groups in total. The number of carbonyl (C=O) groups is 1. The lowest BCUT2D eigenvalue weighted by atomic mass is 9.92. The van der Waals surface area contributed by atoms with Crippen molar-refractivity contribution in [2.45, 2.75) is 25.9 Å². The Hall–Kier alpha value is -4.18. The molecule has 0 unspecified atom stereocenters. The number of benzene rings is 1. The summed E-state index contributed by atoms with van der Waals surface area (Å²) in [6.45, 7) is 2.38. The van der Waals surface area contributed by atoms with E-state index >= 15 is 0 Å². The first-order valence-corrected chi connectivity index (χ1v) is 11.5. The molecule has 0 aliphatic carbocycles. The molecule has 0 radical (unpaired) electrons. The molecule has 4 aromatic rings. The van der Waals surface area contributed by atoms with E-state index < -0.39 is 11.7 Å². The Morgan fingerprint density at radius 2 is 2.00 bits per heavy atom. The van der Waals surface area contributed by atoms with E-state index in [2.05, 4.69) is 37.5 Å². The molecule has 3 aromatic heterocycles. The summed E-state index contributed by atoms with van der Waals surface area (Å²) in [7, 11) is 2.97. The highest BCUT2D eigenvalue weighted by molar-refractivity contribution is 6.06. The van der Waals surface area contributed by atoms with Crippen LogP contribution in [-0.2, 0) is 6.61 Å². The number of ether oxygens (including phenoxy) is 1. The molecule has 0 spiro atoms. The number of rotatable bonds is 9. The van der Waals surface area contributed by atoms with Crippen molar-refractivity contribution in [2.75, 3.05) is 26.0 Å². The summed E-state index contributed by atoms with van der Waals surface area (Å²) in [5, 5.41) is 15.9. The van der Waals surface area contributed by atoms with E-state index in [0.717, 1.165) is 23.7 Å². The molecule has 0 aliphatic rings. The fraction of sp³-hybridized carbons (Fsp3) is 0.269. The zero-order valence-corrected chi connectivity index (χ0v) is 20.2. The van der Waals surface area contributed by atoms with Crippen molar-refractivity contribution in [2.24, 2.45) is 0 Å². The van der Waals surface area contributed by atoms with Gasteiger partial charge in [0.1, 0.15) is 12.1 Å². The summed E-state index contributed by atoms with van der Waals surface area (Å²) >= 11 is 0. The number of methoxy groups -OCH3 is 1. The normalized spacial score (nSPS) is 11.8. The number of hydrogen-bond acceptors (Lipinski definition) is 8. The van der Waals surface area contributed by atoms with Crippen molar-refractivity contribution < 1.29 is 19.0 Å². The van der Waals surface area contributed by atoms with Crippen LogP contribution in [0.2, 0.25) is 0 Å². The summed E-state index contributed by atoms with van der Waals surface area (Å²) < 4.78 is 19.6. The number of fused-ring (bicyclic) bond motifs is 1. The van der Waals surface area contributed by atoms with Crippen LogP contribution in [0.15, 0.2) is 49.1 Å². The van der Waals surface area contributed by atoms with Gasteiger partial charge in [-0.15, -0.1) is 0 Å². The van der Waals surface area contributed by atoms with Crippen molar-refractivity contribution >= 4 is 22.6 Å². The van der Waals surface area contributed by atoms with Gasteiger partial charge in [0.25, 0.3) is 5.91 Å². The van der Waals surface area contributed by atoms with E-state index in [1.807, 2.05) is 12.1 Å². The molecule has 0 saturated carbocycles. The Morgan fingerprint density at radius 3 is 2.72 bits per heavy atom. The smallest absolute Gasteiger partial charge is 0.254 e. The number of carbonyl (C=O) groups excluding carboxylic acids is 1. The zero-order valence-electron chi connectivity index (χ0n) is 20.2. The molecule has 9 nitrogen and oxygen atoms in total. The maximum Gasteiger partial charge on any atom is 0.254 e. The molecule has 36 heavy (non-hydrogen) atoms. The second-order valence-corrected chi connectivity index (χ2v) is 8.13. The maximum atomic E-state index is 14.4. The quantitative estimate of drug-likeness (QED) is 0.325. The summed E-state index contributed by atoms with van der Waals surface area (Å²) in [5.74, 6) is -0.149. The lowest BCUT2D eigenvalue weighted by Crippen LogP contribution is -2.20. The van der Waals surface area contributed by atoms with Crippen LogP contribution in [0, 0.1) is 5.82 Å². The third-order valence-corrected chi connectivity index (χ3v) is 6.05. The van der Waals surface area contributed by atoms with E-state index in [9.17, 15) is 14.3 Å². The predicted molar refractivity (Wildman–Crippen MR) is 134 cm³/mol. The number of para-hydroxylation sites is 1. The SMILES string of the molecule is CC[C@H](CNc1cc(-c2cnc(OC)c(CO)c2)ncn1)c1cccc2c(C(=O)NC)c(F)cnc12. The average molecular weight is 491 g/mol. The minimum atomic E-state index is -0.656. The average Bonchev–Trinajstić information content (AvgIpc) is 2.92. The van der Waals surface area contributed by atoms with Gasteiger partial charge in [-0.3, -0.25) is 9.78 Å². The van der Waals surface area contributed by atoms with Crippen molar-refractivity contribution in [3.05, 3.63) is 71.6 Å². The molecule has 0 fully saturated rings. The van der Waals surface area contributed by atoms with Crippen molar-refractivity contribution in [3.63, 3.8) is 0 Å². The Morgan fingerprint density at radius 1 is 1.17 bits per heavy atom. The highest BCUT2D eigenvalue weighted by Gasteiger charge is 2.20. The number of anilines is 1. The van der Waals surface area contributed by atoms with Crippen LogP contribution in [-0.4, -0.2) is 51.7 Å². The van der Waals surface area contributed by atoms with E-state index in [4.69, 9.17) is 4.74 Å². The van der Waals surface area contributed by atoms with Gasteiger partial charge in [-0.2, -0.15) is 0 Å². The number of pyridine rings is 2. The second-order valence-electron chi connectivity index (χ2n) is 8.13. The van der Waals surface area contributed by atoms with Crippen LogP contribution in [0.4, 0.5) is 10.2 Å². The number of aromatic nitrogens is 4.